The molecule has 0 saturated carbocycles. The number of ether oxygens (including phenoxy) is 1. The third-order valence-electron chi connectivity index (χ3n) is 3.96. The molecule has 1 aliphatic heterocycles. The number of rotatable bonds is 4. The average molecular weight is 439 g/mol. The molecule has 0 radical (unpaired) electrons. The number of halogens is 1. The summed E-state index contributed by atoms with van der Waals surface area (Å²) in [6, 6.07) is 16.7. The summed E-state index contributed by atoms with van der Waals surface area (Å²) in [6.45, 7) is 0. The van der Waals surface area contributed by atoms with E-state index in [1.54, 1.807) is 36.4 Å². The van der Waals surface area contributed by atoms with Gasteiger partial charge in [0.2, 0.25) is 5.90 Å². The summed E-state index contributed by atoms with van der Waals surface area (Å²) in [7, 11) is 0. The number of furan rings is 1. The zero-order chi connectivity index (χ0) is 19.7. The molecule has 8 heteroatoms. The minimum absolute atomic E-state index is 0.000707. The van der Waals surface area contributed by atoms with Crippen molar-refractivity contribution < 1.29 is 18.9 Å². The number of carbonyl (C=O) groups excluding carboxylic acids is 1. The van der Waals surface area contributed by atoms with Gasteiger partial charge in [-0.2, -0.15) is 0 Å². The number of aliphatic imine (C=N–C) groups is 1. The van der Waals surface area contributed by atoms with Gasteiger partial charge in [0, 0.05) is 33.8 Å². The van der Waals surface area contributed by atoms with Gasteiger partial charge < -0.3 is 9.15 Å². The van der Waals surface area contributed by atoms with E-state index in [0.29, 0.717) is 22.6 Å². The lowest BCUT2D eigenvalue weighted by molar-refractivity contribution is -0.384. The first-order valence-corrected chi connectivity index (χ1v) is 8.92. The molecule has 0 aliphatic carbocycles. The summed E-state index contributed by atoms with van der Waals surface area (Å²) in [4.78, 5) is 26.6. The number of nitrogens with zero attached hydrogens (tertiary/aromatic N) is 2. The second-order valence-electron chi connectivity index (χ2n) is 5.85. The minimum atomic E-state index is -0.566. The Morgan fingerprint density at radius 3 is 2.54 bits per heavy atom. The van der Waals surface area contributed by atoms with Crippen molar-refractivity contribution in [2.45, 2.75) is 0 Å². The fourth-order valence-corrected chi connectivity index (χ4v) is 3.02. The van der Waals surface area contributed by atoms with Gasteiger partial charge in [0.05, 0.1) is 4.92 Å². The molecule has 4 rings (SSSR count). The summed E-state index contributed by atoms with van der Waals surface area (Å²) in [5, 5.41) is 10.7. The Morgan fingerprint density at radius 2 is 1.82 bits per heavy atom. The molecule has 0 fully saturated rings. The van der Waals surface area contributed by atoms with Crippen molar-refractivity contribution in [1.82, 2.24) is 0 Å². The van der Waals surface area contributed by atoms with Crippen molar-refractivity contribution >= 4 is 39.6 Å². The average Bonchev–Trinajstić information content (AvgIpc) is 3.29. The van der Waals surface area contributed by atoms with E-state index in [9.17, 15) is 14.9 Å². The van der Waals surface area contributed by atoms with Crippen LogP contribution in [0.4, 0.5) is 5.69 Å². The molecule has 1 aliphatic rings. The molecule has 28 heavy (non-hydrogen) atoms. The Balaban J connectivity index is 1.59. The second-order valence-corrected chi connectivity index (χ2v) is 6.77. The third-order valence-corrected chi connectivity index (χ3v) is 4.45. The first-order valence-electron chi connectivity index (χ1n) is 8.13. The van der Waals surface area contributed by atoms with Crippen LogP contribution in [-0.4, -0.2) is 16.8 Å². The molecule has 7 nitrogen and oxygen atoms in total. The molecule has 2 aromatic carbocycles. The molecule has 0 atom stereocenters. The topological polar surface area (TPSA) is 94.9 Å². The van der Waals surface area contributed by atoms with Crippen LogP contribution in [0.25, 0.3) is 17.4 Å². The minimum Gasteiger partial charge on any atom is -0.457 e. The molecule has 0 amide bonds. The maximum Gasteiger partial charge on any atom is 0.363 e. The predicted molar refractivity (Wildman–Crippen MR) is 106 cm³/mol. The Hall–Kier alpha value is -3.52. The maximum absolute atomic E-state index is 12.1. The van der Waals surface area contributed by atoms with Crippen molar-refractivity contribution in [3.05, 3.63) is 92.3 Å². The fraction of sp³-hybridized carbons (Fsp3) is 0. The maximum atomic E-state index is 12.1. The Kier molecular flexibility index (Phi) is 4.62. The van der Waals surface area contributed by atoms with Crippen LogP contribution in [-0.2, 0) is 9.53 Å². The number of carbonyl (C=O) groups is 1. The quantitative estimate of drug-likeness (QED) is 0.248. The second kappa shape index (κ2) is 7.24. The first-order chi connectivity index (χ1) is 13.5. The number of nitro groups is 1. The van der Waals surface area contributed by atoms with Gasteiger partial charge in [-0.3, -0.25) is 10.1 Å². The van der Waals surface area contributed by atoms with Crippen LogP contribution in [0, 0.1) is 10.1 Å². The first kappa shape index (κ1) is 17.9. The van der Waals surface area contributed by atoms with E-state index in [1.165, 1.54) is 18.2 Å². The highest BCUT2D eigenvalue weighted by Gasteiger charge is 2.24. The molecule has 1 aromatic heterocycles. The summed E-state index contributed by atoms with van der Waals surface area (Å²) in [6.07, 6.45) is 1.49. The summed E-state index contributed by atoms with van der Waals surface area (Å²) in [5.74, 6) is 0.590. The number of cyclic esters (lactones) is 1. The van der Waals surface area contributed by atoms with E-state index >= 15 is 0 Å². The van der Waals surface area contributed by atoms with Crippen LogP contribution in [0.1, 0.15) is 11.3 Å². The highest BCUT2D eigenvalue weighted by atomic mass is 79.9. The van der Waals surface area contributed by atoms with Crippen LogP contribution in [0.3, 0.4) is 0 Å². The third kappa shape index (κ3) is 3.63. The van der Waals surface area contributed by atoms with Crippen molar-refractivity contribution in [2.75, 3.05) is 0 Å². The smallest absolute Gasteiger partial charge is 0.363 e. The number of nitro benzene ring substituents is 1. The van der Waals surface area contributed by atoms with Crippen molar-refractivity contribution in [3.8, 4) is 11.3 Å². The largest absolute Gasteiger partial charge is 0.457 e. The molecule has 138 valence electrons. The zero-order valence-corrected chi connectivity index (χ0v) is 15.8. The Labute approximate surface area is 167 Å². The van der Waals surface area contributed by atoms with Crippen molar-refractivity contribution in [2.24, 2.45) is 4.99 Å². The highest BCUT2D eigenvalue weighted by molar-refractivity contribution is 9.10. The molecule has 3 aromatic rings. The number of benzene rings is 2. The molecular formula is C20H11BrN2O5. The number of non-ortho nitro benzene ring substituents is 1. The van der Waals surface area contributed by atoms with Crippen LogP contribution in [0.15, 0.2) is 80.2 Å². The predicted octanol–water partition coefficient (Wildman–Crippen LogP) is 4.96. The molecule has 0 bridgehead atoms. The van der Waals surface area contributed by atoms with Gasteiger partial charge in [0.1, 0.15) is 11.5 Å². The number of esters is 1. The highest BCUT2D eigenvalue weighted by Crippen LogP contribution is 2.27. The molecular weight excluding hydrogens is 428 g/mol. The van der Waals surface area contributed by atoms with Gasteiger partial charge in [-0.1, -0.05) is 22.0 Å². The summed E-state index contributed by atoms with van der Waals surface area (Å²) < 4.78 is 11.8. The number of hydrogen-bond acceptors (Lipinski definition) is 6. The Bertz CT molecular complexity index is 1150. The van der Waals surface area contributed by atoms with E-state index in [4.69, 9.17) is 9.15 Å². The van der Waals surface area contributed by atoms with Crippen LogP contribution < -0.4 is 0 Å². The molecule has 2 heterocycles. The van der Waals surface area contributed by atoms with Gasteiger partial charge in [-0.25, -0.2) is 9.79 Å². The lowest BCUT2D eigenvalue weighted by atomic mass is 10.1. The van der Waals surface area contributed by atoms with Gasteiger partial charge in [-0.05, 0) is 42.5 Å². The van der Waals surface area contributed by atoms with E-state index in [2.05, 4.69) is 20.9 Å². The molecule has 0 spiro atoms. The summed E-state index contributed by atoms with van der Waals surface area (Å²) in [5.41, 5.74) is 1.49. The fourth-order valence-electron chi connectivity index (χ4n) is 2.62. The van der Waals surface area contributed by atoms with Gasteiger partial charge in [-0.15, -0.1) is 0 Å². The zero-order valence-electron chi connectivity index (χ0n) is 14.2. The summed E-state index contributed by atoms with van der Waals surface area (Å²) >= 11 is 3.37. The van der Waals surface area contributed by atoms with E-state index < -0.39 is 10.9 Å². The van der Waals surface area contributed by atoms with Crippen LogP contribution in [0.5, 0.6) is 0 Å². The normalized spacial score (nSPS) is 14.8. The van der Waals surface area contributed by atoms with Crippen molar-refractivity contribution in [1.29, 1.82) is 0 Å². The lowest BCUT2D eigenvalue weighted by Gasteiger charge is -1.99. The van der Waals surface area contributed by atoms with Crippen LogP contribution >= 0.6 is 15.9 Å². The monoisotopic (exact) mass is 438 g/mol. The lowest BCUT2D eigenvalue weighted by Crippen LogP contribution is -2.05. The van der Waals surface area contributed by atoms with Gasteiger partial charge >= 0.3 is 5.97 Å². The SMILES string of the molecule is O=C1OC(c2cccc(Br)c2)=NC1=Cc1ccc(-c2ccc([N+](=O)[O-])cc2)o1. The van der Waals surface area contributed by atoms with E-state index in [1.807, 2.05) is 12.1 Å². The van der Waals surface area contributed by atoms with E-state index in [0.717, 1.165) is 4.47 Å². The van der Waals surface area contributed by atoms with E-state index in [-0.39, 0.29) is 17.3 Å². The molecule has 0 N–H and O–H groups in total. The molecule has 0 saturated heterocycles. The molecule has 0 unspecified atom stereocenters. The van der Waals surface area contributed by atoms with Gasteiger partial charge in [0.15, 0.2) is 5.70 Å². The number of hydrogen-bond donors (Lipinski definition) is 0. The Morgan fingerprint density at radius 1 is 1.04 bits per heavy atom. The standard InChI is InChI=1S/C20H11BrN2O5/c21-14-3-1-2-13(10-14)19-22-17(20(24)28-19)11-16-8-9-18(27-16)12-4-6-15(7-5-12)23(25)26/h1-11H. The van der Waals surface area contributed by atoms with Crippen molar-refractivity contribution in [3.63, 3.8) is 0 Å². The van der Waals surface area contributed by atoms with Gasteiger partial charge in [0.25, 0.3) is 5.69 Å². The van der Waals surface area contributed by atoms with Crippen LogP contribution in [0.2, 0.25) is 0 Å².